The minimum atomic E-state index is -0.0296. The maximum atomic E-state index is 12.3. The third kappa shape index (κ3) is 2.69. The van der Waals surface area contributed by atoms with Crippen LogP contribution in [0.2, 0.25) is 0 Å². The fraction of sp³-hybridized carbons (Fsp3) is 0.769. The van der Waals surface area contributed by atoms with Gasteiger partial charge in [0.2, 0.25) is 0 Å². The highest BCUT2D eigenvalue weighted by Crippen LogP contribution is 2.16. The number of hydrogen-bond acceptors (Lipinski definition) is 5. The molecule has 1 N–H and O–H groups in total. The van der Waals surface area contributed by atoms with Gasteiger partial charge in [-0.05, 0) is 25.9 Å². The zero-order valence-electron chi connectivity index (χ0n) is 12.1. The normalized spacial score (nSPS) is 23.8. The lowest BCUT2D eigenvalue weighted by atomic mass is 10.1. The van der Waals surface area contributed by atoms with E-state index < -0.39 is 0 Å². The highest BCUT2D eigenvalue weighted by molar-refractivity contribution is 5.91. The molecule has 7 nitrogen and oxygen atoms in total. The van der Waals surface area contributed by atoms with Crippen molar-refractivity contribution in [2.24, 2.45) is 5.92 Å². The van der Waals surface area contributed by atoms with Gasteiger partial charge in [0.1, 0.15) is 0 Å². The van der Waals surface area contributed by atoms with Crippen molar-refractivity contribution in [3.63, 3.8) is 0 Å². The summed E-state index contributed by atoms with van der Waals surface area (Å²) < 4.78 is 1.79. The summed E-state index contributed by atoms with van der Waals surface area (Å²) in [6.07, 6.45) is 2.93. The van der Waals surface area contributed by atoms with Gasteiger partial charge in [0.05, 0.1) is 12.2 Å². The van der Waals surface area contributed by atoms with Gasteiger partial charge in [-0.25, -0.2) is 4.68 Å². The molecule has 110 valence electrons. The van der Waals surface area contributed by atoms with Crippen LogP contribution in [0.15, 0.2) is 6.20 Å². The van der Waals surface area contributed by atoms with Gasteiger partial charge in [-0.1, -0.05) is 5.21 Å². The van der Waals surface area contributed by atoms with Crippen LogP contribution in [0.5, 0.6) is 0 Å². The van der Waals surface area contributed by atoms with Gasteiger partial charge in [-0.2, -0.15) is 0 Å². The van der Waals surface area contributed by atoms with E-state index in [2.05, 4.69) is 27.6 Å². The summed E-state index contributed by atoms with van der Waals surface area (Å²) in [5, 5.41) is 11.3. The Labute approximate surface area is 118 Å². The Hall–Kier alpha value is -1.47. The molecule has 1 aromatic heterocycles. The molecular formula is C13H22N6O. The summed E-state index contributed by atoms with van der Waals surface area (Å²) in [4.78, 5) is 16.4. The largest absolute Gasteiger partial charge is 0.340 e. The minimum absolute atomic E-state index is 0.0296. The van der Waals surface area contributed by atoms with E-state index in [0.29, 0.717) is 17.7 Å². The number of carbonyl (C=O) groups excluding carboxylic acids is 1. The van der Waals surface area contributed by atoms with Crippen LogP contribution < -0.4 is 5.32 Å². The molecule has 20 heavy (non-hydrogen) atoms. The third-order valence-corrected chi connectivity index (χ3v) is 4.23. The summed E-state index contributed by atoms with van der Waals surface area (Å²) in [6, 6.07) is 0.345. The number of amides is 1. The van der Waals surface area contributed by atoms with E-state index in [1.807, 2.05) is 7.05 Å². The van der Waals surface area contributed by atoms with E-state index in [-0.39, 0.29) is 5.91 Å². The van der Waals surface area contributed by atoms with Crippen LogP contribution in [-0.2, 0) is 0 Å². The van der Waals surface area contributed by atoms with Crippen molar-refractivity contribution in [3.8, 4) is 0 Å². The van der Waals surface area contributed by atoms with Crippen molar-refractivity contribution < 1.29 is 4.79 Å². The van der Waals surface area contributed by atoms with E-state index in [1.54, 1.807) is 15.8 Å². The van der Waals surface area contributed by atoms with Crippen molar-refractivity contribution in [1.29, 1.82) is 0 Å². The molecule has 3 rings (SSSR count). The lowest BCUT2D eigenvalue weighted by Crippen LogP contribution is -2.43. The molecule has 2 aliphatic rings. The Balaban J connectivity index is 1.58. The van der Waals surface area contributed by atoms with Gasteiger partial charge < -0.3 is 15.1 Å². The highest BCUT2D eigenvalue weighted by atomic mass is 16.2. The number of rotatable bonds is 4. The molecule has 1 aromatic rings. The van der Waals surface area contributed by atoms with Crippen LogP contribution >= 0.6 is 0 Å². The Morgan fingerprint density at radius 3 is 2.95 bits per heavy atom. The quantitative estimate of drug-likeness (QED) is 0.800. The van der Waals surface area contributed by atoms with Crippen molar-refractivity contribution >= 4 is 5.91 Å². The van der Waals surface area contributed by atoms with Crippen molar-refractivity contribution in [1.82, 2.24) is 30.1 Å². The van der Waals surface area contributed by atoms with Gasteiger partial charge in [-0.15, -0.1) is 5.10 Å². The molecule has 1 unspecified atom stereocenters. The maximum absolute atomic E-state index is 12.3. The third-order valence-electron chi connectivity index (χ3n) is 4.23. The molecule has 1 atom stereocenters. The van der Waals surface area contributed by atoms with Gasteiger partial charge >= 0.3 is 0 Å². The molecule has 0 saturated carbocycles. The predicted octanol–water partition coefficient (Wildman–Crippen LogP) is -0.554. The Bertz CT molecular complexity index is 483. The maximum Gasteiger partial charge on any atom is 0.275 e. The van der Waals surface area contributed by atoms with Gasteiger partial charge in [0.15, 0.2) is 5.69 Å². The average Bonchev–Trinajstić information content (AvgIpc) is 2.96. The second-order valence-electron chi connectivity index (χ2n) is 6.00. The molecule has 0 bridgehead atoms. The van der Waals surface area contributed by atoms with Crippen LogP contribution in [0.3, 0.4) is 0 Å². The van der Waals surface area contributed by atoms with E-state index in [0.717, 1.165) is 39.1 Å². The number of nitrogens with one attached hydrogen (secondary N) is 1. The number of hydrogen-bond donors (Lipinski definition) is 1. The SMILES string of the molecule is CN1CCC(CN(C)C(=O)c2cn(C3CNC3)nn2)C1. The second kappa shape index (κ2) is 5.49. The Morgan fingerprint density at radius 2 is 2.35 bits per heavy atom. The van der Waals surface area contributed by atoms with Crippen LogP contribution in [0, 0.1) is 5.92 Å². The van der Waals surface area contributed by atoms with Crippen LogP contribution in [0.4, 0.5) is 0 Å². The van der Waals surface area contributed by atoms with Gasteiger partial charge in [0.25, 0.3) is 5.91 Å². The summed E-state index contributed by atoms with van der Waals surface area (Å²) in [7, 11) is 3.98. The lowest BCUT2D eigenvalue weighted by molar-refractivity contribution is 0.0768. The fourth-order valence-corrected chi connectivity index (χ4v) is 2.85. The lowest BCUT2D eigenvalue weighted by Gasteiger charge is -2.26. The standard InChI is InChI=1S/C13H22N6O/c1-17-4-3-10(7-17)8-18(2)13(20)12-9-19(16-15-12)11-5-14-6-11/h9-11,14H,3-8H2,1-2H3. The first kappa shape index (κ1) is 13.5. The summed E-state index contributed by atoms with van der Waals surface area (Å²) >= 11 is 0. The van der Waals surface area contributed by atoms with Crippen LogP contribution in [0.1, 0.15) is 23.0 Å². The Morgan fingerprint density at radius 1 is 1.55 bits per heavy atom. The molecule has 2 fully saturated rings. The van der Waals surface area contributed by atoms with E-state index in [9.17, 15) is 4.79 Å². The van der Waals surface area contributed by atoms with Crippen LogP contribution in [0.25, 0.3) is 0 Å². The van der Waals surface area contributed by atoms with E-state index in [4.69, 9.17) is 0 Å². The van der Waals surface area contributed by atoms with E-state index >= 15 is 0 Å². The average molecular weight is 278 g/mol. The molecule has 3 heterocycles. The molecule has 2 aliphatic heterocycles. The summed E-state index contributed by atoms with van der Waals surface area (Å²) in [5.74, 6) is 0.540. The van der Waals surface area contributed by atoms with Crippen molar-refractivity contribution in [3.05, 3.63) is 11.9 Å². The zero-order valence-corrected chi connectivity index (χ0v) is 12.1. The van der Waals surface area contributed by atoms with Gasteiger partial charge in [0, 0.05) is 33.2 Å². The van der Waals surface area contributed by atoms with Crippen LogP contribution in [-0.4, -0.2) is 77.5 Å². The Kier molecular flexibility index (Phi) is 3.71. The molecular weight excluding hydrogens is 256 g/mol. The number of aromatic nitrogens is 3. The number of carbonyl (C=O) groups is 1. The topological polar surface area (TPSA) is 66.3 Å². The first-order valence-electron chi connectivity index (χ1n) is 7.20. The predicted molar refractivity (Wildman–Crippen MR) is 74.5 cm³/mol. The van der Waals surface area contributed by atoms with Crippen molar-refractivity contribution in [2.75, 3.05) is 46.8 Å². The zero-order chi connectivity index (χ0) is 14.1. The summed E-state index contributed by atoms with van der Waals surface area (Å²) in [5.41, 5.74) is 0.450. The summed E-state index contributed by atoms with van der Waals surface area (Å²) in [6.45, 7) is 4.79. The molecule has 0 radical (unpaired) electrons. The number of likely N-dealkylation sites (tertiary alicyclic amines) is 1. The van der Waals surface area contributed by atoms with Crippen molar-refractivity contribution in [2.45, 2.75) is 12.5 Å². The number of nitrogens with zero attached hydrogens (tertiary/aromatic N) is 5. The first-order chi connectivity index (χ1) is 9.63. The molecule has 0 aromatic carbocycles. The monoisotopic (exact) mass is 278 g/mol. The molecule has 0 spiro atoms. The smallest absolute Gasteiger partial charge is 0.275 e. The molecule has 1 amide bonds. The minimum Gasteiger partial charge on any atom is -0.340 e. The molecule has 2 saturated heterocycles. The highest BCUT2D eigenvalue weighted by Gasteiger charge is 2.26. The van der Waals surface area contributed by atoms with Gasteiger partial charge in [-0.3, -0.25) is 4.79 Å². The van der Waals surface area contributed by atoms with E-state index in [1.165, 1.54) is 0 Å². The first-order valence-corrected chi connectivity index (χ1v) is 7.20. The second-order valence-corrected chi connectivity index (χ2v) is 6.00. The molecule has 7 heteroatoms. The fourth-order valence-electron chi connectivity index (χ4n) is 2.85. The molecule has 0 aliphatic carbocycles.